The molecule has 0 aliphatic rings. The highest BCUT2D eigenvalue weighted by Crippen LogP contribution is 2.31. The second-order valence-corrected chi connectivity index (χ2v) is 9.69. The third kappa shape index (κ3) is 6.71. The van der Waals surface area contributed by atoms with E-state index in [1.807, 2.05) is 13.0 Å². The number of halogens is 2. The van der Waals surface area contributed by atoms with E-state index in [1.165, 1.54) is 11.8 Å². The summed E-state index contributed by atoms with van der Waals surface area (Å²) in [5, 5.41) is 4.13. The maximum atomic E-state index is 12.3. The third-order valence-electron chi connectivity index (χ3n) is 4.24. The van der Waals surface area contributed by atoms with Gasteiger partial charge in [-0.15, -0.1) is 11.3 Å². The van der Waals surface area contributed by atoms with Gasteiger partial charge in [0.05, 0.1) is 23.6 Å². The first-order chi connectivity index (χ1) is 14.9. The van der Waals surface area contributed by atoms with Crippen molar-refractivity contribution in [3.05, 3.63) is 74.2 Å². The average molecular weight is 495 g/mol. The molecular weight excluding hydrogens is 475 g/mol. The van der Waals surface area contributed by atoms with Gasteiger partial charge in [-0.1, -0.05) is 35.0 Å². The minimum absolute atomic E-state index is 0.152. The van der Waals surface area contributed by atoms with Crippen LogP contribution in [0.15, 0.2) is 46.8 Å². The number of rotatable bonds is 8. The van der Waals surface area contributed by atoms with Crippen LogP contribution in [-0.4, -0.2) is 29.2 Å². The number of esters is 1. The quantitative estimate of drug-likeness (QED) is 0.295. The lowest BCUT2D eigenvalue weighted by atomic mass is 10.1. The number of hydrogen-bond donors (Lipinski definition) is 1. The Labute approximate surface area is 199 Å². The molecule has 0 atom stereocenters. The molecule has 3 rings (SSSR count). The minimum Gasteiger partial charge on any atom is -0.462 e. The number of carbonyl (C=O) groups excluding carboxylic acids is 2. The van der Waals surface area contributed by atoms with Crippen LogP contribution in [0.1, 0.15) is 33.4 Å². The number of hydrogen-bond acceptors (Lipinski definition) is 6. The largest absolute Gasteiger partial charge is 0.462 e. The molecule has 3 aromatic rings. The van der Waals surface area contributed by atoms with Gasteiger partial charge in [0.25, 0.3) is 0 Å². The fourth-order valence-electron chi connectivity index (χ4n) is 2.71. The number of benzene rings is 2. The third-order valence-corrected chi connectivity index (χ3v) is 7.14. The second-order valence-electron chi connectivity index (χ2n) is 6.54. The van der Waals surface area contributed by atoms with Gasteiger partial charge in [-0.3, -0.25) is 4.79 Å². The second kappa shape index (κ2) is 11.0. The summed E-state index contributed by atoms with van der Waals surface area (Å²) in [6.07, 6.45) is 0.641. The number of aryl methyl sites for hydroxylation is 1. The van der Waals surface area contributed by atoms with Crippen molar-refractivity contribution in [2.24, 2.45) is 0 Å². The first-order valence-corrected chi connectivity index (χ1v) is 12.0. The van der Waals surface area contributed by atoms with Crippen LogP contribution in [0.3, 0.4) is 0 Å². The summed E-state index contributed by atoms with van der Waals surface area (Å²) >= 11 is 15.3. The zero-order valence-electron chi connectivity index (χ0n) is 16.9. The summed E-state index contributed by atoms with van der Waals surface area (Å²) in [4.78, 5) is 29.6. The van der Waals surface area contributed by atoms with E-state index < -0.39 is 0 Å². The summed E-state index contributed by atoms with van der Waals surface area (Å²) in [5.74, 6) is -0.310. The fraction of sp³-hybridized carbons (Fsp3) is 0.227. The average Bonchev–Trinajstić information content (AvgIpc) is 3.09. The number of nitrogens with one attached hydrogen (secondary N) is 1. The number of aromatic nitrogens is 1. The monoisotopic (exact) mass is 494 g/mol. The molecule has 31 heavy (non-hydrogen) atoms. The molecule has 0 fully saturated rings. The van der Waals surface area contributed by atoms with Crippen LogP contribution in [-0.2, 0) is 16.0 Å². The highest BCUT2D eigenvalue weighted by Gasteiger charge is 2.13. The molecule has 0 aliphatic heterocycles. The smallest absolute Gasteiger partial charge is 0.338 e. The van der Waals surface area contributed by atoms with Crippen molar-refractivity contribution in [3.8, 4) is 0 Å². The maximum absolute atomic E-state index is 12.3. The van der Waals surface area contributed by atoms with Gasteiger partial charge in [-0.2, -0.15) is 0 Å². The van der Waals surface area contributed by atoms with Crippen molar-refractivity contribution in [1.29, 1.82) is 0 Å². The zero-order chi connectivity index (χ0) is 22.4. The van der Waals surface area contributed by atoms with E-state index in [0.29, 0.717) is 34.3 Å². The summed E-state index contributed by atoms with van der Waals surface area (Å²) in [7, 11) is 0. The van der Waals surface area contributed by atoms with Crippen molar-refractivity contribution in [2.75, 3.05) is 17.7 Å². The maximum Gasteiger partial charge on any atom is 0.338 e. The summed E-state index contributed by atoms with van der Waals surface area (Å²) in [5.41, 5.74) is 2.92. The van der Waals surface area contributed by atoms with Crippen LogP contribution in [0.4, 0.5) is 5.69 Å². The Bertz CT molecular complexity index is 1080. The van der Waals surface area contributed by atoms with Gasteiger partial charge in [0.2, 0.25) is 5.91 Å². The Morgan fingerprint density at radius 3 is 2.61 bits per heavy atom. The van der Waals surface area contributed by atoms with Gasteiger partial charge < -0.3 is 10.1 Å². The van der Waals surface area contributed by atoms with Gasteiger partial charge in [-0.05, 0) is 61.9 Å². The van der Waals surface area contributed by atoms with E-state index in [2.05, 4.69) is 10.3 Å². The molecule has 2 aromatic carbocycles. The normalized spacial score (nSPS) is 10.7. The van der Waals surface area contributed by atoms with Crippen LogP contribution in [0.25, 0.3) is 0 Å². The van der Waals surface area contributed by atoms with E-state index >= 15 is 0 Å². The molecule has 1 aromatic heterocycles. The first-order valence-electron chi connectivity index (χ1n) is 9.45. The lowest BCUT2D eigenvalue weighted by Gasteiger charge is -2.06. The van der Waals surface area contributed by atoms with Crippen molar-refractivity contribution in [3.63, 3.8) is 0 Å². The molecule has 0 unspecified atom stereocenters. The number of anilines is 1. The van der Waals surface area contributed by atoms with Gasteiger partial charge in [0.15, 0.2) is 4.34 Å². The number of ether oxygens (including phenoxy) is 1. The van der Waals surface area contributed by atoms with Crippen LogP contribution < -0.4 is 5.32 Å². The lowest BCUT2D eigenvalue weighted by molar-refractivity contribution is -0.113. The summed E-state index contributed by atoms with van der Waals surface area (Å²) in [6.45, 7) is 4.02. The van der Waals surface area contributed by atoms with E-state index in [-0.39, 0.29) is 17.6 Å². The van der Waals surface area contributed by atoms with E-state index in [9.17, 15) is 9.59 Å². The first kappa shape index (κ1) is 23.6. The molecule has 0 saturated carbocycles. The number of carbonyl (C=O) groups is 2. The Kier molecular flexibility index (Phi) is 8.37. The predicted molar refractivity (Wildman–Crippen MR) is 128 cm³/mol. The summed E-state index contributed by atoms with van der Waals surface area (Å²) < 4.78 is 5.77. The molecule has 1 heterocycles. The topological polar surface area (TPSA) is 68.3 Å². The van der Waals surface area contributed by atoms with Gasteiger partial charge in [0, 0.05) is 27.0 Å². The fourth-order valence-corrected chi connectivity index (χ4v) is 5.14. The molecule has 5 nitrogen and oxygen atoms in total. The molecule has 0 aliphatic carbocycles. The zero-order valence-corrected chi connectivity index (χ0v) is 20.1. The molecule has 1 amide bonds. The van der Waals surface area contributed by atoms with E-state index in [0.717, 1.165) is 20.5 Å². The molecule has 1 N–H and O–H groups in total. The lowest BCUT2D eigenvalue weighted by Crippen LogP contribution is -2.14. The van der Waals surface area contributed by atoms with Crippen LogP contribution in [0.2, 0.25) is 10.0 Å². The SMILES string of the molecule is CCOC(=O)c1ccc(NC(=O)CSc2nc(C)c(Cc3cc(Cl)ccc3Cl)s2)cc1. The van der Waals surface area contributed by atoms with Crippen LogP contribution in [0.5, 0.6) is 0 Å². The van der Waals surface area contributed by atoms with E-state index in [1.54, 1.807) is 54.7 Å². The van der Waals surface area contributed by atoms with Crippen LogP contribution in [0, 0.1) is 6.92 Å². The van der Waals surface area contributed by atoms with Gasteiger partial charge in [-0.25, -0.2) is 9.78 Å². The predicted octanol–water partition coefficient (Wildman–Crippen LogP) is 6.26. The Hall–Kier alpha value is -2.06. The minimum atomic E-state index is -0.384. The molecular formula is C22H20Cl2N2O3S2. The molecule has 162 valence electrons. The van der Waals surface area contributed by atoms with Gasteiger partial charge >= 0.3 is 5.97 Å². The molecule has 9 heteroatoms. The molecule has 0 bridgehead atoms. The van der Waals surface area contributed by atoms with Crippen molar-refractivity contribution < 1.29 is 14.3 Å². The van der Waals surface area contributed by atoms with Crippen molar-refractivity contribution in [1.82, 2.24) is 4.98 Å². The Morgan fingerprint density at radius 2 is 1.90 bits per heavy atom. The Balaban J connectivity index is 1.55. The molecule has 0 spiro atoms. The highest BCUT2D eigenvalue weighted by molar-refractivity contribution is 8.01. The number of nitrogens with zero attached hydrogens (tertiary/aromatic N) is 1. The number of thiazole rings is 1. The van der Waals surface area contributed by atoms with Crippen molar-refractivity contribution >= 4 is 63.9 Å². The molecule has 0 radical (unpaired) electrons. The Morgan fingerprint density at radius 1 is 1.16 bits per heavy atom. The van der Waals surface area contributed by atoms with Gasteiger partial charge in [0.1, 0.15) is 0 Å². The highest BCUT2D eigenvalue weighted by atomic mass is 35.5. The number of amides is 1. The number of thioether (sulfide) groups is 1. The standard InChI is InChI=1S/C22H20Cl2N2O3S2/c1-3-29-21(28)14-4-7-17(8-5-14)26-20(27)12-30-22-25-13(2)19(31-22)11-15-10-16(23)6-9-18(15)24/h4-10H,3,11-12H2,1-2H3,(H,26,27). The van der Waals surface area contributed by atoms with E-state index in [4.69, 9.17) is 27.9 Å². The molecule has 0 saturated heterocycles. The van der Waals surface area contributed by atoms with Crippen LogP contribution >= 0.6 is 46.3 Å². The van der Waals surface area contributed by atoms with Crippen molar-refractivity contribution in [2.45, 2.75) is 24.6 Å². The summed E-state index contributed by atoms with van der Waals surface area (Å²) in [6, 6.07) is 12.0.